The number of carbonyl (C=O) groups is 2. The predicted molar refractivity (Wildman–Crippen MR) is 33.0 cm³/mol. The molecule has 0 amide bonds. The van der Waals surface area contributed by atoms with E-state index in [4.69, 9.17) is 15.3 Å². The van der Waals surface area contributed by atoms with E-state index >= 15 is 0 Å². The van der Waals surface area contributed by atoms with Gasteiger partial charge in [0, 0.05) is 23.1 Å². The first-order valence-corrected chi connectivity index (χ1v) is 2.66. The van der Waals surface area contributed by atoms with Gasteiger partial charge in [-0.1, -0.05) is 0 Å². The maximum atomic E-state index is 10.5. The molecule has 0 aromatic heterocycles. The van der Waals surface area contributed by atoms with E-state index in [9.17, 15) is 9.59 Å². The molecule has 0 atom stereocenters. The van der Waals surface area contributed by atoms with Crippen LogP contribution in [0.25, 0.3) is 0 Å². The molecular formula is C6H4FeO5. The largest absolute Gasteiger partial charge is 0.504 e. The number of carbonyl (C=O) groups excluding carboxylic acids is 2. The zero-order valence-electron chi connectivity index (χ0n) is 5.59. The molecule has 1 aliphatic carbocycles. The summed E-state index contributed by atoms with van der Waals surface area (Å²) < 4.78 is 0. The molecule has 0 unspecified atom stereocenters. The van der Waals surface area contributed by atoms with Crippen molar-refractivity contribution in [2.24, 2.45) is 0 Å². The van der Waals surface area contributed by atoms with Crippen LogP contribution < -0.4 is 0 Å². The Balaban J connectivity index is 0.00000121. The van der Waals surface area contributed by atoms with Gasteiger partial charge in [-0.25, -0.2) is 0 Å². The molecule has 0 aromatic rings. The van der Waals surface area contributed by atoms with Crippen molar-refractivity contribution >= 4 is 11.6 Å². The predicted octanol–water partition coefficient (Wildman–Crippen LogP) is -0.0948. The Morgan fingerprint density at radius 1 is 1.00 bits per heavy atom. The van der Waals surface area contributed by atoms with Gasteiger partial charge in [0.1, 0.15) is 0 Å². The monoisotopic (exact) mass is 212 g/mol. The second-order valence-corrected chi connectivity index (χ2v) is 1.92. The summed E-state index contributed by atoms with van der Waals surface area (Å²) in [5.41, 5.74) is 0. The molecule has 5 nitrogen and oxygen atoms in total. The molecule has 1 rings (SSSR count). The summed E-state index contributed by atoms with van der Waals surface area (Å²) in [5, 5.41) is 25.9. The van der Waals surface area contributed by atoms with Gasteiger partial charge in [-0.05, 0) is 0 Å². The third-order valence-corrected chi connectivity index (χ3v) is 1.17. The number of aliphatic hydroxyl groups excluding tert-OH is 3. The molecule has 0 saturated carbocycles. The van der Waals surface area contributed by atoms with E-state index in [0.29, 0.717) is 6.08 Å². The van der Waals surface area contributed by atoms with E-state index in [2.05, 4.69) is 0 Å². The fourth-order valence-electron chi connectivity index (χ4n) is 0.604. The van der Waals surface area contributed by atoms with E-state index in [1.54, 1.807) is 0 Å². The van der Waals surface area contributed by atoms with Gasteiger partial charge in [0.25, 0.3) is 5.78 Å². The third-order valence-electron chi connectivity index (χ3n) is 1.17. The maximum absolute atomic E-state index is 10.5. The van der Waals surface area contributed by atoms with E-state index in [-0.39, 0.29) is 17.1 Å². The van der Waals surface area contributed by atoms with E-state index < -0.39 is 28.8 Å². The zero-order valence-corrected chi connectivity index (χ0v) is 6.69. The molecule has 0 aliphatic heterocycles. The van der Waals surface area contributed by atoms with Crippen LogP contribution >= 0.6 is 0 Å². The summed E-state index contributed by atoms with van der Waals surface area (Å²) in [5.74, 6) is -5.16. The molecule has 0 fully saturated rings. The summed E-state index contributed by atoms with van der Waals surface area (Å²) in [6.45, 7) is 0. The number of ketones is 2. The molecule has 0 spiro atoms. The molecule has 66 valence electrons. The van der Waals surface area contributed by atoms with Crippen molar-refractivity contribution in [3.63, 3.8) is 0 Å². The van der Waals surface area contributed by atoms with Crippen molar-refractivity contribution in [2.75, 3.05) is 0 Å². The minimum atomic E-state index is -1.15. The Labute approximate surface area is 77.5 Å². The first-order valence-electron chi connectivity index (χ1n) is 2.66. The maximum Gasteiger partial charge on any atom is 0.265 e. The third kappa shape index (κ3) is 1.49. The molecule has 0 aromatic carbocycles. The van der Waals surface area contributed by atoms with Gasteiger partial charge < -0.3 is 15.3 Å². The summed E-state index contributed by atoms with van der Waals surface area (Å²) in [7, 11) is 0. The van der Waals surface area contributed by atoms with E-state index in [1.807, 2.05) is 0 Å². The van der Waals surface area contributed by atoms with Crippen LogP contribution in [0.4, 0.5) is 0 Å². The van der Waals surface area contributed by atoms with Gasteiger partial charge in [0.15, 0.2) is 5.76 Å². The number of hydrogen-bond acceptors (Lipinski definition) is 5. The van der Waals surface area contributed by atoms with Crippen LogP contribution in [0.1, 0.15) is 0 Å². The molecule has 0 radical (unpaired) electrons. The summed E-state index contributed by atoms with van der Waals surface area (Å²) in [6, 6.07) is 0. The summed E-state index contributed by atoms with van der Waals surface area (Å²) >= 11 is 0. The molecular weight excluding hydrogens is 208 g/mol. The average molecular weight is 212 g/mol. The number of Topliss-reactive ketones (excluding diaryl/α,β-unsaturated/α-hetero) is 1. The first-order chi connectivity index (χ1) is 5.04. The second-order valence-electron chi connectivity index (χ2n) is 1.92. The Kier molecular flexibility index (Phi) is 3.06. The minimum Gasteiger partial charge on any atom is -0.504 e. The molecule has 0 bridgehead atoms. The Hall–Kier alpha value is -1.26. The van der Waals surface area contributed by atoms with Crippen LogP contribution in [0, 0.1) is 0 Å². The first kappa shape index (κ1) is 10.7. The van der Waals surface area contributed by atoms with Gasteiger partial charge in [0.05, 0.1) is 0 Å². The zero-order chi connectivity index (χ0) is 8.59. The van der Waals surface area contributed by atoms with Crippen LogP contribution in [-0.2, 0) is 26.7 Å². The fraction of sp³-hybridized carbons (Fsp3) is 0. The summed E-state index contributed by atoms with van der Waals surface area (Å²) in [4.78, 5) is 21.0. The topological polar surface area (TPSA) is 94.8 Å². The van der Waals surface area contributed by atoms with Crippen molar-refractivity contribution in [3.8, 4) is 0 Å². The molecule has 1 aliphatic rings. The van der Waals surface area contributed by atoms with Crippen LogP contribution in [-0.4, -0.2) is 26.9 Å². The van der Waals surface area contributed by atoms with Gasteiger partial charge in [-0.2, -0.15) is 0 Å². The van der Waals surface area contributed by atoms with Crippen LogP contribution in [0.5, 0.6) is 0 Å². The van der Waals surface area contributed by atoms with E-state index in [0.717, 1.165) is 0 Å². The second kappa shape index (κ2) is 3.42. The average Bonchev–Trinajstić information content (AvgIpc) is 1.97. The fourth-order valence-corrected chi connectivity index (χ4v) is 0.604. The minimum absolute atomic E-state index is 0. The van der Waals surface area contributed by atoms with Crippen molar-refractivity contribution in [2.45, 2.75) is 0 Å². The van der Waals surface area contributed by atoms with Crippen molar-refractivity contribution in [1.82, 2.24) is 0 Å². The molecule has 3 N–H and O–H groups in total. The van der Waals surface area contributed by atoms with Gasteiger partial charge in [-0.15, -0.1) is 0 Å². The van der Waals surface area contributed by atoms with Crippen LogP contribution in [0.15, 0.2) is 23.4 Å². The number of allylic oxidation sites excluding steroid dienone is 1. The Morgan fingerprint density at radius 2 is 1.50 bits per heavy atom. The summed E-state index contributed by atoms with van der Waals surface area (Å²) in [6.07, 6.45) is 0.539. The van der Waals surface area contributed by atoms with Crippen LogP contribution in [0.3, 0.4) is 0 Å². The van der Waals surface area contributed by atoms with Crippen LogP contribution in [0.2, 0.25) is 0 Å². The molecule has 0 heterocycles. The SMILES string of the molecule is O=C1C=C(O)C(=O)C(O)=C1O.[Fe]. The van der Waals surface area contributed by atoms with Crippen molar-refractivity contribution in [3.05, 3.63) is 23.4 Å². The normalized spacial score (nSPS) is 17.2. The quantitative estimate of drug-likeness (QED) is 0.385. The Bertz CT molecular complexity index is 301. The number of aliphatic hydroxyl groups is 3. The standard InChI is InChI=1S/C6H4O5.Fe/c7-2-1-3(8)5(10)6(11)4(2)9;/h1,7,10-11H;. The van der Waals surface area contributed by atoms with Crippen molar-refractivity contribution in [1.29, 1.82) is 0 Å². The Morgan fingerprint density at radius 3 is 2.00 bits per heavy atom. The molecule has 0 saturated heterocycles. The molecule has 12 heavy (non-hydrogen) atoms. The molecule has 6 heteroatoms. The van der Waals surface area contributed by atoms with Gasteiger partial charge in [-0.3, -0.25) is 9.59 Å². The van der Waals surface area contributed by atoms with Crippen molar-refractivity contribution < 1.29 is 42.0 Å². The smallest absolute Gasteiger partial charge is 0.265 e. The van der Waals surface area contributed by atoms with Gasteiger partial charge >= 0.3 is 0 Å². The number of rotatable bonds is 0. The van der Waals surface area contributed by atoms with Gasteiger partial charge in [0.2, 0.25) is 17.3 Å². The number of hydrogen-bond donors (Lipinski definition) is 3. The van der Waals surface area contributed by atoms with E-state index in [1.165, 1.54) is 0 Å².